The fourth-order valence-electron chi connectivity index (χ4n) is 3.02. The lowest BCUT2D eigenvalue weighted by Gasteiger charge is -2.34. The van der Waals surface area contributed by atoms with Crippen LogP contribution in [0, 0.1) is 0 Å². The summed E-state index contributed by atoms with van der Waals surface area (Å²) in [4.78, 5) is 25.7. The van der Waals surface area contributed by atoms with Gasteiger partial charge < -0.3 is 14.4 Å². The smallest absolute Gasteiger partial charge is 0.331 e. The molecule has 1 aliphatic heterocycles. The van der Waals surface area contributed by atoms with Crippen molar-refractivity contribution in [2.24, 2.45) is 0 Å². The van der Waals surface area contributed by atoms with E-state index in [2.05, 4.69) is 0 Å². The number of furan rings is 1. The summed E-state index contributed by atoms with van der Waals surface area (Å²) in [6, 6.07) is 8.82. The Morgan fingerprint density at radius 1 is 1.24 bits per heavy atom. The number of hydrogen-bond donors (Lipinski definition) is 1. The van der Waals surface area contributed by atoms with Crippen LogP contribution in [0.5, 0.6) is 0 Å². The molecule has 0 fully saturated rings. The van der Waals surface area contributed by atoms with E-state index in [1.54, 1.807) is 12.1 Å². The van der Waals surface area contributed by atoms with Crippen molar-refractivity contribution in [1.29, 1.82) is 0 Å². The minimum atomic E-state index is -3.29. The summed E-state index contributed by atoms with van der Waals surface area (Å²) >= 11 is 0. The molecule has 1 atom stereocenters. The summed E-state index contributed by atoms with van der Waals surface area (Å²) in [5.41, 5.74) is 1.48. The summed E-state index contributed by atoms with van der Waals surface area (Å²) in [5, 5.41) is 9.61. The van der Waals surface area contributed by atoms with Crippen LogP contribution in [0.15, 0.2) is 40.8 Å². The first-order valence-corrected chi connectivity index (χ1v) is 9.70. The first-order chi connectivity index (χ1) is 11.8. The second kappa shape index (κ2) is 6.36. The van der Waals surface area contributed by atoms with Crippen LogP contribution in [0.25, 0.3) is 0 Å². The van der Waals surface area contributed by atoms with Crippen LogP contribution in [0.3, 0.4) is 0 Å². The van der Waals surface area contributed by atoms with Gasteiger partial charge in [0, 0.05) is 12.8 Å². The predicted molar refractivity (Wildman–Crippen MR) is 88.8 cm³/mol. The van der Waals surface area contributed by atoms with Gasteiger partial charge in [-0.05, 0) is 29.7 Å². The minimum Gasteiger partial charge on any atom is -0.479 e. The van der Waals surface area contributed by atoms with Crippen molar-refractivity contribution in [1.82, 2.24) is 4.90 Å². The van der Waals surface area contributed by atoms with Crippen LogP contribution in [0.2, 0.25) is 0 Å². The zero-order chi connectivity index (χ0) is 18.2. The monoisotopic (exact) mass is 363 g/mol. The number of sulfone groups is 1. The van der Waals surface area contributed by atoms with E-state index in [1.807, 2.05) is 12.1 Å². The number of nitrogens with zero attached hydrogens (tertiary/aromatic N) is 1. The van der Waals surface area contributed by atoms with E-state index in [-0.39, 0.29) is 23.8 Å². The molecule has 7 nitrogen and oxygen atoms in total. The molecule has 3 rings (SSSR count). The number of benzene rings is 1. The molecule has 0 radical (unpaired) electrons. The molecule has 1 amide bonds. The zero-order valence-corrected chi connectivity index (χ0v) is 14.3. The van der Waals surface area contributed by atoms with Crippen LogP contribution in [-0.2, 0) is 26.8 Å². The van der Waals surface area contributed by atoms with Gasteiger partial charge in [0.25, 0.3) is 5.91 Å². The zero-order valence-electron chi connectivity index (χ0n) is 13.5. The third-order valence-electron chi connectivity index (χ3n) is 4.06. The van der Waals surface area contributed by atoms with Gasteiger partial charge in [0.15, 0.2) is 21.6 Å². The molecule has 8 heteroatoms. The van der Waals surface area contributed by atoms with Crippen molar-refractivity contribution in [3.63, 3.8) is 0 Å². The molecular weight excluding hydrogens is 346 g/mol. The van der Waals surface area contributed by atoms with Crippen molar-refractivity contribution in [2.75, 3.05) is 12.8 Å². The number of aliphatic carboxylic acids is 1. The molecule has 132 valence electrons. The van der Waals surface area contributed by atoms with Crippen LogP contribution < -0.4 is 0 Å². The maximum atomic E-state index is 12.7. The van der Waals surface area contributed by atoms with Gasteiger partial charge in [0.05, 0.1) is 0 Å². The van der Waals surface area contributed by atoms with E-state index >= 15 is 0 Å². The lowest BCUT2D eigenvalue weighted by Crippen LogP contribution is -2.43. The standard InChI is InChI=1S/C17H17NO6S/c1-25(22,23)10-12-6-7-14(24-12)16(19)18-9-8-11-4-2-3-5-13(11)15(18)17(20)21/h2-7,15H,8-10H2,1H3,(H,20,21). The van der Waals surface area contributed by atoms with Crippen LogP contribution in [-0.4, -0.2) is 43.1 Å². The van der Waals surface area contributed by atoms with Gasteiger partial charge in [0.1, 0.15) is 11.5 Å². The van der Waals surface area contributed by atoms with Crippen LogP contribution in [0.4, 0.5) is 0 Å². The third-order valence-corrected chi connectivity index (χ3v) is 4.86. The van der Waals surface area contributed by atoms with E-state index < -0.39 is 27.8 Å². The molecule has 0 spiro atoms. The maximum absolute atomic E-state index is 12.7. The quantitative estimate of drug-likeness (QED) is 0.885. The van der Waals surface area contributed by atoms with Gasteiger partial charge in [-0.25, -0.2) is 13.2 Å². The lowest BCUT2D eigenvalue weighted by atomic mass is 9.92. The number of amides is 1. The molecule has 0 bridgehead atoms. The van der Waals surface area contributed by atoms with Gasteiger partial charge in [-0.2, -0.15) is 0 Å². The predicted octanol–water partition coefficient (Wildman–Crippen LogP) is 1.65. The number of carboxylic acids is 1. The molecule has 1 aromatic carbocycles. The first kappa shape index (κ1) is 17.2. The van der Waals surface area contributed by atoms with E-state index in [9.17, 15) is 23.1 Å². The SMILES string of the molecule is CS(=O)(=O)Cc1ccc(C(=O)N2CCc3ccccc3C2C(=O)O)o1. The fraction of sp³-hybridized carbons (Fsp3) is 0.294. The maximum Gasteiger partial charge on any atom is 0.331 e. The summed E-state index contributed by atoms with van der Waals surface area (Å²) in [6.45, 7) is 0.245. The Hall–Kier alpha value is -2.61. The Morgan fingerprint density at radius 2 is 1.96 bits per heavy atom. The molecule has 25 heavy (non-hydrogen) atoms. The molecule has 0 saturated carbocycles. The number of hydrogen-bond acceptors (Lipinski definition) is 5. The first-order valence-electron chi connectivity index (χ1n) is 7.64. The number of carbonyl (C=O) groups is 2. The van der Waals surface area contributed by atoms with Gasteiger partial charge in [-0.1, -0.05) is 24.3 Å². The van der Waals surface area contributed by atoms with E-state index in [4.69, 9.17) is 4.42 Å². The number of fused-ring (bicyclic) bond motifs is 1. The third kappa shape index (κ3) is 3.58. The summed E-state index contributed by atoms with van der Waals surface area (Å²) < 4.78 is 28.0. The second-order valence-electron chi connectivity index (χ2n) is 6.02. The molecule has 1 aromatic heterocycles. The normalized spacial score (nSPS) is 17.2. The topological polar surface area (TPSA) is 105 Å². The van der Waals surface area contributed by atoms with Crippen LogP contribution in [0.1, 0.15) is 33.5 Å². The molecule has 2 aromatic rings. The molecule has 0 saturated heterocycles. The van der Waals surface area contributed by atoms with Crippen molar-refractivity contribution in [3.8, 4) is 0 Å². The lowest BCUT2D eigenvalue weighted by molar-refractivity contribution is -0.143. The number of carbonyl (C=O) groups excluding carboxylic acids is 1. The van der Waals surface area contributed by atoms with Gasteiger partial charge in [-0.3, -0.25) is 4.79 Å². The van der Waals surface area contributed by atoms with Gasteiger partial charge in [-0.15, -0.1) is 0 Å². The van der Waals surface area contributed by atoms with E-state index in [0.717, 1.165) is 11.8 Å². The summed E-state index contributed by atoms with van der Waals surface area (Å²) in [7, 11) is -3.29. The number of rotatable bonds is 4. The average Bonchev–Trinajstić information content (AvgIpc) is 2.99. The van der Waals surface area contributed by atoms with E-state index in [1.165, 1.54) is 17.0 Å². The highest BCUT2D eigenvalue weighted by Crippen LogP contribution is 2.31. The Labute approximate surface area is 144 Å². The molecule has 1 N–H and O–H groups in total. The fourth-order valence-corrected chi connectivity index (χ4v) is 3.69. The number of carboxylic acid groups (broad SMARTS) is 1. The molecule has 1 aliphatic rings. The highest BCUT2D eigenvalue weighted by atomic mass is 32.2. The molecular formula is C17H17NO6S. The van der Waals surface area contributed by atoms with Gasteiger partial charge in [0.2, 0.25) is 0 Å². The average molecular weight is 363 g/mol. The summed E-state index contributed by atoms with van der Waals surface area (Å²) in [5.74, 6) is -1.92. The highest BCUT2D eigenvalue weighted by Gasteiger charge is 2.37. The largest absolute Gasteiger partial charge is 0.479 e. The highest BCUT2D eigenvalue weighted by molar-refractivity contribution is 7.89. The minimum absolute atomic E-state index is 0.0655. The van der Waals surface area contributed by atoms with Gasteiger partial charge >= 0.3 is 5.97 Å². The van der Waals surface area contributed by atoms with E-state index in [0.29, 0.717) is 12.0 Å². The van der Waals surface area contributed by atoms with Crippen molar-refractivity contribution >= 4 is 21.7 Å². The van der Waals surface area contributed by atoms with Crippen molar-refractivity contribution < 1.29 is 27.5 Å². The Kier molecular flexibility index (Phi) is 4.38. The van der Waals surface area contributed by atoms with Crippen molar-refractivity contribution in [2.45, 2.75) is 18.2 Å². The second-order valence-corrected chi connectivity index (χ2v) is 8.16. The molecule has 0 aliphatic carbocycles. The Bertz CT molecular complexity index is 930. The molecule has 1 unspecified atom stereocenters. The Morgan fingerprint density at radius 3 is 2.64 bits per heavy atom. The Balaban J connectivity index is 1.90. The summed E-state index contributed by atoms with van der Waals surface area (Å²) in [6.07, 6.45) is 1.61. The van der Waals surface area contributed by atoms with Crippen LogP contribution >= 0.6 is 0 Å². The van der Waals surface area contributed by atoms with Crippen molar-refractivity contribution in [3.05, 3.63) is 59.0 Å². The molecule has 2 heterocycles.